The maximum Gasteiger partial charge on any atom is 0.145 e. The third-order valence-corrected chi connectivity index (χ3v) is 10.6. The Labute approximate surface area is 305 Å². The highest BCUT2D eigenvalue weighted by atomic mass is 16.3. The quantitative estimate of drug-likeness (QED) is 0.182. The molecule has 2 heterocycles. The molecule has 0 bridgehead atoms. The van der Waals surface area contributed by atoms with Crippen molar-refractivity contribution in [3.63, 3.8) is 0 Å². The lowest BCUT2D eigenvalue weighted by Crippen LogP contribution is -2.11. The molecule has 0 unspecified atom stereocenters. The first-order valence-electron chi connectivity index (χ1n) is 18.0. The topological polar surface area (TPSA) is 29.5 Å². The van der Waals surface area contributed by atoms with Crippen LogP contribution in [0.25, 0.3) is 87.7 Å². The van der Waals surface area contributed by atoms with E-state index in [-0.39, 0.29) is 0 Å². The number of rotatable bonds is 5. The molecule has 2 aromatic heterocycles. The summed E-state index contributed by atoms with van der Waals surface area (Å²) >= 11 is 0. The van der Waals surface area contributed by atoms with E-state index in [2.05, 4.69) is 181 Å². The number of hydrogen-bond acceptors (Lipinski definition) is 3. The summed E-state index contributed by atoms with van der Waals surface area (Å²) in [6.45, 7) is 0. The van der Waals surface area contributed by atoms with Crippen molar-refractivity contribution >= 4 is 82.5 Å². The van der Waals surface area contributed by atoms with E-state index >= 15 is 0 Å². The fraction of sp³-hybridized carbons (Fsp3) is 0. The summed E-state index contributed by atoms with van der Waals surface area (Å²) in [7, 11) is 0. The Hall–Kier alpha value is -7.10. The summed E-state index contributed by atoms with van der Waals surface area (Å²) in [5.74, 6) is 0. The normalized spacial score (nSPS) is 11.8. The zero-order valence-electron chi connectivity index (χ0n) is 28.7. The molecule has 9 aromatic carbocycles. The van der Waals surface area contributed by atoms with Crippen LogP contribution in [0.1, 0.15) is 0 Å². The average molecular weight is 678 g/mol. The van der Waals surface area contributed by atoms with Crippen LogP contribution in [0.2, 0.25) is 0 Å². The zero-order valence-corrected chi connectivity index (χ0v) is 28.7. The molecule has 0 aliphatic heterocycles. The van der Waals surface area contributed by atoms with Crippen LogP contribution in [0.5, 0.6) is 0 Å². The fourth-order valence-corrected chi connectivity index (χ4v) is 8.12. The Bertz CT molecular complexity index is 3170. The Balaban J connectivity index is 1.25. The average Bonchev–Trinajstić information content (AvgIpc) is 3.81. The highest BCUT2D eigenvalue weighted by Gasteiger charge is 2.26. The predicted octanol–water partition coefficient (Wildman–Crippen LogP) is 14.6. The van der Waals surface area contributed by atoms with Crippen LogP contribution in [0.3, 0.4) is 0 Å². The van der Waals surface area contributed by atoms with Gasteiger partial charge in [-0.15, -0.1) is 0 Å². The van der Waals surface area contributed by atoms with Crippen molar-refractivity contribution in [3.05, 3.63) is 188 Å². The van der Waals surface area contributed by atoms with E-state index in [4.69, 9.17) is 8.83 Å². The summed E-state index contributed by atoms with van der Waals surface area (Å²) in [6, 6.07) is 66.7. The van der Waals surface area contributed by atoms with Gasteiger partial charge in [0.05, 0.1) is 11.3 Å². The van der Waals surface area contributed by atoms with Gasteiger partial charge in [-0.1, -0.05) is 140 Å². The lowest BCUT2D eigenvalue weighted by atomic mass is 9.96. The smallest absolute Gasteiger partial charge is 0.145 e. The first kappa shape index (κ1) is 29.6. The standard InChI is InChI=1S/C50H31NO2/c1-2-11-32(12-3-1)34-21-25-37(26-22-34)51(38-27-23-33-13-4-5-15-36(33)31-38)45-30-29-43-42-28-24-35-14-6-7-16-39(35)48(42)53-50(43)47(45)44-19-10-18-41-40-17-8-9-20-46(40)52-49(41)44/h1-31H. The lowest BCUT2D eigenvalue weighted by Gasteiger charge is -2.28. The summed E-state index contributed by atoms with van der Waals surface area (Å²) in [5.41, 5.74) is 10.8. The molecular formula is C50H31NO2. The van der Waals surface area contributed by atoms with Gasteiger partial charge >= 0.3 is 0 Å². The molecule has 248 valence electrons. The first-order valence-corrected chi connectivity index (χ1v) is 18.0. The Kier molecular flexibility index (Phi) is 6.55. The maximum absolute atomic E-state index is 7.12. The Morgan fingerprint density at radius 3 is 1.83 bits per heavy atom. The Morgan fingerprint density at radius 1 is 0.340 bits per heavy atom. The zero-order chi connectivity index (χ0) is 34.9. The minimum atomic E-state index is 0.827. The number of fused-ring (bicyclic) bond motifs is 9. The highest BCUT2D eigenvalue weighted by molar-refractivity contribution is 6.21. The third-order valence-electron chi connectivity index (χ3n) is 10.6. The van der Waals surface area contributed by atoms with Crippen LogP contribution in [0.4, 0.5) is 17.1 Å². The van der Waals surface area contributed by atoms with Gasteiger partial charge in [0.25, 0.3) is 0 Å². The largest absolute Gasteiger partial charge is 0.455 e. The van der Waals surface area contributed by atoms with Crippen molar-refractivity contribution in [2.75, 3.05) is 4.90 Å². The molecule has 0 radical (unpaired) electrons. The molecule has 0 N–H and O–H groups in total. The van der Waals surface area contributed by atoms with Crippen LogP contribution >= 0.6 is 0 Å². The molecule has 11 aromatic rings. The van der Waals surface area contributed by atoms with E-state index in [0.29, 0.717) is 0 Å². The van der Waals surface area contributed by atoms with Crippen LogP contribution in [-0.2, 0) is 0 Å². The van der Waals surface area contributed by atoms with Gasteiger partial charge in [-0.25, -0.2) is 0 Å². The molecule has 0 saturated heterocycles. The number of hydrogen-bond donors (Lipinski definition) is 0. The van der Waals surface area contributed by atoms with Crippen molar-refractivity contribution in [2.24, 2.45) is 0 Å². The van der Waals surface area contributed by atoms with Crippen LogP contribution in [-0.4, -0.2) is 0 Å². The van der Waals surface area contributed by atoms with Gasteiger partial charge in [-0.05, 0) is 75.8 Å². The van der Waals surface area contributed by atoms with E-state index in [1.165, 1.54) is 21.9 Å². The lowest BCUT2D eigenvalue weighted by molar-refractivity contribution is 0.666. The second kappa shape index (κ2) is 11.7. The van der Waals surface area contributed by atoms with Gasteiger partial charge in [0, 0.05) is 43.9 Å². The molecule has 0 amide bonds. The molecule has 0 atom stereocenters. The second-order valence-corrected chi connectivity index (χ2v) is 13.7. The molecule has 0 saturated carbocycles. The summed E-state index contributed by atoms with van der Waals surface area (Å²) in [4.78, 5) is 2.36. The summed E-state index contributed by atoms with van der Waals surface area (Å²) in [5, 5.41) is 8.94. The van der Waals surface area contributed by atoms with Gasteiger partial charge in [-0.2, -0.15) is 0 Å². The molecule has 0 fully saturated rings. The van der Waals surface area contributed by atoms with Crippen molar-refractivity contribution in [2.45, 2.75) is 0 Å². The van der Waals surface area contributed by atoms with Crippen LogP contribution < -0.4 is 4.90 Å². The fourth-order valence-electron chi connectivity index (χ4n) is 8.12. The van der Waals surface area contributed by atoms with E-state index in [1.807, 2.05) is 12.1 Å². The van der Waals surface area contributed by atoms with Crippen molar-refractivity contribution < 1.29 is 8.83 Å². The maximum atomic E-state index is 7.12. The summed E-state index contributed by atoms with van der Waals surface area (Å²) < 4.78 is 13.9. The van der Waals surface area contributed by atoms with E-state index in [1.54, 1.807) is 0 Å². The molecule has 0 spiro atoms. The first-order chi connectivity index (χ1) is 26.3. The van der Waals surface area contributed by atoms with Gasteiger partial charge < -0.3 is 13.7 Å². The number of nitrogens with zero attached hydrogens (tertiary/aromatic N) is 1. The van der Waals surface area contributed by atoms with Crippen molar-refractivity contribution in [1.29, 1.82) is 0 Å². The monoisotopic (exact) mass is 677 g/mol. The number of furan rings is 2. The predicted molar refractivity (Wildman–Crippen MR) is 222 cm³/mol. The molecule has 3 nitrogen and oxygen atoms in total. The molecule has 3 heteroatoms. The van der Waals surface area contributed by atoms with Gasteiger partial charge in [0.15, 0.2) is 0 Å². The minimum Gasteiger partial charge on any atom is -0.455 e. The SMILES string of the molecule is c1ccc(-c2ccc(N(c3ccc4ccccc4c3)c3ccc4c(oc5c6ccccc6ccc45)c3-c3cccc4c3oc3ccccc34)cc2)cc1. The minimum absolute atomic E-state index is 0.827. The van der Waals surface area contributed by atoms with Gasteiger partial charge in [-0.3, -0.25) is 0 Å². The third kappa shape index (κ3) is 4.68. The molecule has 0 aliphatic carbocycles. The highest BCUT2D eigenvalue weighted by Crippen LogP contribution is 2.50. The molecule has 11 rings (SSSR count). The van der Waals surface area contributed by atoms with Crippen molar-refractivity contribution in [3.8, 4) is 22.3 Å². The Morgan fingerprint density at radius 2 is 0.962 bits per heavy atom. The molecular weight excluding hydrogens is 647 g/mol. The van der Waals surface area contributed by atoms with E-state index in [9.17, 15) is 0 Å². The second-order valence-electron chi connectivity index (χ2n) is 13.7. The van der Waals surface area contributed by atoms with Crippen LogP contribution in [0, 0.1) is 0 Å². The van der Waals surface area contributed by atoms with Gasteiger partial charge in [0.2, 0.25) is 0 Å². The van der Waals surface area contributed by atoms with E-state index in [0.717, 1.165) is 82.8 Å². The summed E-state index contributed by atoms with van der Waals surface area (Å²) in [6.07, 6.45) is 0. The molecule has 53 heavy (non-hydrogen) atoms. The number of para-hydroxylation sites is 2. The molecule has 0 aliphatic rings. The number of benzene rings is 9. The van der Waals surface area contributed by atoms with Crippen molar-refractivity contribution in [1.82, 2.24) is 0 Å². The van der Waals surface area contributed by atoms with Crippen LogP contribution in [0.15, 0.2) is 197 Å². The van der Waals surface area contributed by atoms with E-state index < -0.39 is 0 Å². The van der Waals surface area contributed by atoms with Gasteiger partial charge in [0.1, 0.15) is 22.3 Å². The number of anilines is 3.